The molecule has 1 aromatic carbocycles. The van der Waals surface area contributed by atoms with Crippen LogP contribution in [0.1, 0.15) is 68.2 Å². The summed E-state index contributed by atoms with van der Waals surface area (Å²) in [4.78, 5) is 25.0. The van der Waals surface area contributed by atoms with Crippen molar-refractivity contribution in [2.75, 3.05) is 33.7 Å². The zero-order valence-electron chi connectivity index (χ0n) is 21.9. The molecule has 5 rings (SSSR count). The average Bonchev–Trinajstić information content (AvgIpc) is 3.08. The van der Waals surface area contributed by atoms with Crippen molar-refractivity contribution in [3.63, 3.8) is 0 Å². The van der Waals surface area contributed by atoms with E-state index >= 15 is 0 Å². The molecule has 2 amide bonds. The molecular formula is C30H42N4O. The third-order valence-corrected chi connectivity index (χ3v) is 9.25. The average molecular weight is 475 g/mol. The maximum Gasteiger partial charge on any atom is 0.320 e. The second-order valence-electron chi connectivity index (χ2n) is 11.5. The SMILES string of the molecule is Cc1cc(CCCN2CC3(CCC(c4ccccc4)(N(C)C)CC3)N(CC3CCC3)C2=O)ccn1. The van der Waals surface area contributed by atoms with Crippen molar-refractivity contribution < 1.29 is 4.79 Å². The Hall–Kier alpha value is -2.40. The summed E-state index contributed by atoms with van der Waals surface area (Å²) in [6.45, 7) is 4.74. The molecule has 2 aromatic rings. The number of hydrogen-bond donors (Lipinski definition) is 0. The number of carbonyl (C=O) groups is 1. The van der Waals surface area contributed by atoms with Crippen molar-refractivity contribution in [1.29, 1.82) is 0 Å². The van der Waals surface area contributed by atoms with Gasteiger partial charge in [0.1, 0.15) is 0 Å². The lowest BCUT2D eigenvalue weighted by Crippen LogP contribution is -2.56. The van der Waals surface area contributed by atoms with Gasteiger partial charge in [0.05, 0.1) is 5.54 Å². The highest BCUT2D eigenvalue weighted by Crippen LogP contribution is 2.49. The van der Waals surface area contributed by atoms with E-state index in [2.05, 4.69) is 76.2 Å². The van der Waals surface area contributed by atoms with E-state index in [-0.39, 0.29) is 11.1 Å². The van der Waals surface area contributed by atoms with Gasteiger partial charge >= 0.3 is 6.03 Å². The van der Waals surface area contributed by atoms with Crippen LogP contribution in [0.15, 0.2) is 48.7 Å². The highest BCUT2D eigenvalue weighted by Gasteiger charge is 2.54. The molecular weight excluding hydrogens is 432 g/mol. The van der Waals surface area contributed by atoms with Crippen LogP contribution in [0.25, 0.3) is 0 Å². The van der Waals surface area contributed by atoms with Gasteiger partial charge in [0.2, 0.25) is 0 Å². The molecule has 35 heavy (non-hydrogen) atoms. The molecule has 1 aliphatic heterocycles. The first-order valence-corrected chi connectivity index (χ1v) is 13.6. The molecule has 0 unspecified atom stereocenters. The van der Waals surface area contributed by atoms with Gasteiger partial charge in [0, 0.05) is 37.1 Å². The molecule has 3 fully saturated rings. The summed E-state index contributed by atoms with van der Waals surface area (Å²) in [7, 11) is 4.45. The summed E-state index contributed by atoms with van der Waals surface area (Å²) >= 11 is 0. The predicted molar refractivity (Wildman–Crippen MR) is 141 cm³/mol. The molecule has 2 heterocycles. The van der Waals surface area contributed by atoms with Crippen LogP contribution >= 0.6 is 0 Å². The van der Waals surface area contributed by atoms with Gasteiger partial charge in [0.15, 0.2) is 0 Å². The fourth-order valence-electron chi connectivity index (χ4n) is 6.80. The van der Waals surface area contributed by atoms with E-state index in [1.54, 1.807) is 0 Å². The number of pyridine rings is 1. The van der Waals surface area contributed by atoms with Gasteiger partial charge in [-0.3, -0.25) is 9.88 Å². The molecule has 0 radical (unpaired) electrons. The van der Waals surface area contributed by atoms with Gasteiger partial charge in [-0.1, -0.05) is 36.8 Å². The Morgan fingerprint density at radius 1 is 1.06 bits per heavy atom. The van der Waals surface area contributed by atoms with Crippen LogP contribution in [0.3, 0.4) is 0 Å². The van der Waals surface area contributed by atoms with Crippen LogP contribution in [0.4, 0.5) is 4.79 Å². The lowest BCUT2D eigenvalue weighted by molar-refractivity contribution is 0.0159. The smallest absolute Gasteiger partial charge is 0.320 e. The number of carbonyl (C=O) groups excluding carboxylic acids is 1. The molecule has 5 heteroatoms. The van der Waals surface area contributed by atoms with Crippen molar-refractivity contribution in [3.8, 4) is 0 Å². The normalized spacial score (nSPS) is 27.1. The predicted octanol–water partition coefficient (Wildman–Crippen LogP) is 5.63. The van der Waals surface area contributed by atoms with E-state index in [0.717, 1.165) is 63.9 Å². The van der Waals surface area contributed by atoms with Crippen molar-refractivity contribution in [2.24, 2.45) is 5.92 Å². The zero-order chi connectivity index (χ0) is 24.5. The number of benzene rings is 1. The van der Waals surface area contributed by atoms with Gasteiger partial charge in [-0.15, -0.1) is 0 Å². The molecule has 188 valence electrons. The molecule has 3 aliphatic rings. The molecule has 0 bridgehead atoms. The van der Waals surface area contributed by atoms with E-state index in [0.29, 0.717) is 11.9 Å². The minimum atomic E-state index is -0.00574. The molecule has 1 spiro atoms. The number of aromatic nitrogens is 1. The first-order chi connectivity index (χ1) is 16.9. The Morgan fingerprint density at radius 3 is 2.43 bits per heavy atom. The van der Waals surface area contributed by atoms with Crippen LogP contribution in [-0.2, 0) is 12.0 Å². The van der Waals surface area contributed by atoms with Crippen molar-refractivity contribution in [1.82, 2.24) is 19.7 Å². The maximum atomic E-state index is 13.7. The van der Waals surface area contributed by atoms with E-state index < -0.39 is 0 Å². The van der Waals surface area contributed by atoms with Crippen molar-refractivity contribution >= 4 is 6.03 Å². The number of nitrogens with zero attached hydrogens (tertiary/aromatic N) is 4. The Bertz CT molecular complexity index is 1010. The van der Waals surface area contributed by atoms with Gasteiger partial charge in [0.25, 0.3) is 0 Å². The zero-order valence-corrected chi connectivity index (χ0v) is 21.9. The summed E-state index contributed by atoms with van der Waals surface area (Å²) in [5, 5.41) is 0. The lowest BCUT2D eigenvalue weighted by Gasteiger charge is -2.51. The monoisotopic (exact) mass is 474 g/mol. The van der Waals surface area contributed by atoms with Crippen molar-refractivity contribution in [2.45, 2.75) is 75.8 Å². The second-order valence-corrected chi connectivity index (χ2v) is 11.5. The second kappa shape index (κ2) is 9.93. The molecule has 1 saturated heterocycles. The summed E-state index contributed by atoms with van der Waals surface area (Å²) in [5.74, 6) is 0.699. The number of rotatable bonds is 8. The first-order valence-electron chi connectivity index (χ1n) is 13.6. The van der Waals surface area contributed by atoms with E-state index in [4.69, 9.17) is 0 Å². The molecule has 0 atom stereocenters. The minimum Gasteiger partial charge on any atom is -0.322 e. The summed E-state index contributed by atoms with van der Waals surface area (Å²) in [6, 6.07) is 15.6. The van der Waals surface area contributed by atoms with E-state index in [9.17, 15) is 4.79 Å². The molecule has 0 N–H and O–H groups in total. The number of amides is 2. The molecule has 5 nitrogen and oxygen atoms in total. The topological polar surface area (TPSA) is 39.7 Å². The van der Waals surface area contributed by atoms with Gasteiger partial charge < -0.3 is 9.80 Å². The quantitative estimate of drug-likeness (QED) is 0.498. The van der Waals surface area contributed by atoms with E-state index in [1.165, 1.54) is 30.4 Å². The third kappa shape index (κ3) is 4.72. The van der Waals surface area contributed by atoms with Gasteiger partial charge in [-0.25, -0.2) is 4.79 Å². The van der Waals surface area contributed by atoms with Gasteiger partial charge in [-0.05, 0) is 102 Å². The van der Waals surface area contributed by atoms with Crippen LogP contribution in [0, 0.1) is 12.8 Å². The largest absolute Gasteiger partial charge is 0.322 e. The summed E-state index contributed by atoms with van der Waals surface area (Å²) < 4.78 is 0. The number of aryl methyl sites for hydroxylation is 2. The Labute approximate surface area is 211 Å². The standard InChI is InChI=1S/C30H42N4O/c1-24-21-25(14-19-31-24)11-8-20-33-23-29(34(28(33)35)22-26-9-7-10-26)15-17-30(18-16-29,32(2)3)27-12-5-4-6-13-27/h4-6,12-14,19,21,26H,7-11,15-18,20,22-23H2,1-3H3. The molecule has 2 aliphatic carbocycles. The van der Waals surface area contributed by atoms with Gasteiger partial charge in [-0.2, -0.15) is 0 Å². The first kappa shape index (κ1) is 24.3. The van der Waals surface area contributed by atoms with Crippen LogP contribution in [0.2, 0.25) is 0 Å². The number of hydrogen-bond acceptors (Lipinski definition) is 3. The fraction of sp³-hybridized carbons (Fsp3) is 0.600. The Balaban J connectivity index is 1.31. The fourth-order valence-corrected chi connectivity index (χ4v) is 6.80. The Kier molecular flexibility index (Phi) is 6.89. The summed E-state index contributed by atoms with van der Waals surface area (Å²) in [6.07, 6.45) is 12.2. The van der Waals surface area contributed by atoms with Crippen LogP contribution in [-0.4, -0.2) is 65.0 Å². The van der Waals surface area contributed by atoms with E-state index in [1.807, 2.05) is 13.1 Å². The summed E-state index contributed by atoms with van der Waals surface area (Å²) in [5.41, 5.74) is 3.86. The number of urea groups is 1. The van der Waals surface area contributed by atoms with Crippen molar-refractivity contribution in [3.05, 3.63) is 65.5 Å². The van der Waals surface area contributed by atoms with Crippen LogP contribution in [0.5, 0.6) is 0 Å². The third-order valence-electron chi connectivity index (χ3n) is 9.25. The highest BCUT2D eigenvalue weighted by molar-refractivity contribution is 5.78. The van der Waals surface area contributed by atoms with Crippen LogP contribution < -0.4 is 0 Å². The minimum absolute atomic E-state index is 0.00574. The lowest BCUT2D eigenvalue weighted by atomic mass is 9.68. The molecule has 2 saturated carbocycles. The highest BCUT2D eigenvalue weighted by atomic mass is 16.2. The Morgan fingerprint density at radius 2 is 1.80 bits per heavy atom. The molecule has 1 aromatic heterocycles. The maximum absolute atomic E-state index is 13.7.